The molecule has 0 aromatic rings. The molecule has 0 aliphatic carbocycles. The highest BCUT2D eigenvalue weighted by Gasteiger charge is 2.10. The Balaban J connectivity index is 3.36. The molecule has 7 heavy (non-hydrogen) atoms. The van der Waals surface area contributed by atoms with Gasteiger partial charge in [-0.3, -0.25) is 4.52 Å². The van der Waals surface area contributed by atoms with Gasteiger partial charge in [-0.05, 0) is 6.92 Å². The Morgan fingerprint density at radius 1 is 1.71 bits per heavy atom. The molecule has 0 aliphatic heterocycles. The lowest BCUT2D eigenvalue weighted by atomic mass is 10.9. The number of phosphoric ester groups is 1. The predicted octanol–water partition coefficient (Wildman–Crippen LogP) is 0.277. The van der Waals surface area contributed by atoms with E-state index < -0.39 is 7.82 Å². The fourth-order valence-electron chi connectivity index (χ4n) is 0.137. The molecule has 0 heterocycles. The molecule has 0 atom stereocenters. The third kappa shape index (κ3) is 6.11. The lowest BCUT2D eigenvalue weighted by Gasteiger charge is -1.97. The van der Waals surface area contributed by atoms with Gasteiger partial charge in [0.15, 0.2) is 0 Å². The van der Waals surface area contributed by atoms with Crippen molar-refractivity contribution in [3.8, 4) is 0 Å². The maximum absolute atomic E-state index is 9.67. The van der Waals surface area contributed by atoms with E-state index in [1.807, 2.05) is 0 Å². The molecule has 5 heteroatoms. The summed E-state index contributed by atoms with van der Waals surface area (Å²) >= 11 is 0. The summed E-state index contributed by atoms with van der Waals surface area (Å²) in [6, 6.07) is 0. The minimum absolute atomic E-state index is 0.945. The van der Waals surface area contributed by atoms with Crippen LogP contribution in [0.3, 0.4) is 0 Å². The van der Waals surface area contributed by atoms with E-state index in [1.165, 1.54) is 6.92 Å². The first-order chi connectivity index (χ1) is 3.06. The van der Waals surface area contributed by atoms with Gasteiger partial charge in [-0.2, -0.15) is 0 Å². The summed E-state index contributed by atoms with van der Waals surface area (Å²) < 4.78 is 13.4. The first-order valence-electron chi connectivity index (χ1n) is 1.58. The van der Waals surface area contributed by atoms with Gasteiger partial charge in [0, 0.05) is 0 Å². The Bertz CT molecular complexity index is 83.7. The van der Waals surface area contributed by atoms with Crippen molar-refractivity contribution in [3.63, 3.8) is 0 Å². The van der Waals surface area contributed by atoms with Crippen molar-refractivity contribution in [1.82, 2.24) is 0 Å². The van der Waals surface area contributed by atoms with E-state index in [0.29, 0.717) is 0 Å². The van der Waals surface area contributed by atoms with Crippen LogP contribution >= 0.6 is 7.82 Å². The third-order valence-electron chi connectivity index (χ3n) is 0.243. The van der Waals surface area contributed by atoms with E-state index in [4.69, 9.17) is 9.79 Å². The predicted molar refractivity (Wildman–Crippen MR) is 23.1 cm³/mol. The Kier molecular flexibility index (Phi) is 2.46. The summed E-state index contributed by atoms with van der Waals surface area (Å²) in [5.41, 5.74) is 0. The summed E-state index contributed by atoms with van der Waals surface area (Å²) in [4.78, 5) is 15.8. The topological polar surface area (TPSA) is 66.8 Å². The molecular weight excluding hydrogens is 119 g/mol. The molecule has 0 spiro atoms. The zero-order valence-electron chi connectivity index (χ0n) is 3.74. The van der Waals surface area contributed by atoms with Crippen molar-refractivity contribution >= 4 is 7.82 Å². The second-order valence-electron chi connectivity index (χ2n) is 0.832. The maximum atomic E-state index is 9.67. The highest BCUT2D eigenvalue weighted by molar-refractivity contribution is 7.46. The molecule has 0 aliphatic rings. The quantitative estimate of drug-likeness (QED) is 0.520. The molecule has 0 saturated heterocycles. The fraction of sp³-hybridized carbons (Fsp3) is 0.500. The molecule has 0 fully saturated rings. The third-order valence-corrected chi connectivity index (χ3v) is 0.728. The van der Waals surface area contributed by atoms with Crippen molar-refractivity contribution in [3.05, 3.63) is 6.61 Å². The van der Waals surface area contributed by atoms with Crippen molar-refractivity contribution < 1.29 is 18.9 Å². The molecule has 43 valence electrons. The molecule has 2 N–H and O–H groups in total. The molecule has 0 bridgehead atoms. The van der Waals surface area contributed by atoms with Crippen LogP contribution in [0.4, 0.5) is 0 Å². The van der Waals surface area contributed by atoms with E-state index in [9.17, 15) is 4.57 Å². The van der Waals surface area contributed by atoms with E-state index in [-0.39, 0.29) is 0 Å². The number of hydrogen-bond acceptors (Lipinski definition) is 2. The molecule has 1 radical (unpaired) electrons. The van der Waals surface area contributed by atoms with Crippen LogP contribution < -0.4 is 0 Å². The monoisotopic (exact) mass is 125 g/mol. The molecule has 4 nitrogen and oxygen atoms in total. The van der Waals surface area contributed by atoms with Crippen LogP contribution in [0.5, 0.6) is 0 Å². The highest BCUT2D eigenvalue weighted by Crippen LogP contribution is 2.36. The van der Waals surface area contributed by atoms with Crippen molar-refractivity contribution in [2.45, 2.75) is 6.92 Å². The summed E-state index contributed by atoms with van der Waals surface area (Å²) in [6.07, 6.45) is 0. The van der Waals surface area contributed by atoms with Gasteiger partial charge in [0.05, 0.1) is 6.61 Å². The summed E-state index contributed by atoms with van der Waals surface area (Å²) in [7, 11) is -4.22. The molecule has 0 rings (SSSR count). The van der Waals surface area contributed by atoms with Gasteiger partial charge in [0.2, 0.25) is 0 Å². The lowest BCUT2D eigenvalue weighted by molar-refractivity contribution is 0.238. The molecule has 0 saturated carbocycles. The lowest BCUT2D eigenvalue weighted by Crippen LogP contribution is -1.79. The van der Waals surface area contributed by atoms with Crippen LogP contribution in [0.1, 0.15) is 6.92 Å². The largest absolute Gasteiger partial charge is 0.469 e. The molecule has 0 unspecified atom stereocenters. The van der Waals surface area contributed by atoms with Gasteiger partial charge in [-0.1, -0.05) is 0 Å². The van der Waals surface area contributed by atoms with Crippen molar-refractivity contribution in [2.75, 3.05) is 0 Å². The van der Waals surface area contributed by atoms with Crippen LogP contribution in [-0.4, -0.2) is 9.79 Å². The van der Waals surface area contributed by atoms with Crippen molar-refractivity contribution in [1.29, 1.82) is 0 Å². The number of phosphoric acid groups is 1. The summed E-state index contributed by atoms with van der Waals surface area (Å²) in [5, 5.41) is 0. The molecule has 0 aromatic carbocycles. The second-order valence-corrected chi connectivity index (χ2v) is 2.02. The van der Waals surface area contributed by atoms with Gasteiger partial charge in [-0.25, -0.2) is 4.57 Å². The fourth-order valence-corrected chi connectivity index (χ4v) is 0.412. The summed E-state index contributed by atoms with van der Waals surface area (Å²) in [6.45, 7) is 2.33. The minimum atomic E-state index is -4.22. The van der Waals surface area contributed by atoms with E-state index >= 15 is 0 Å². The summed E-state index contributed by atoms with van der Waals surface area (Å²) in [5.74, 6) is 0. The Hall–Kier alpha value is 0.110. The molecule has 0 amide bonds. The van der Waals surface area contributed by atoms with Crippen LogP contribution in [-0.2, 0) is 9.09 Å². The maximum Gasteiger partial charge on any atom is 0.469 e. The van der Waals surface area contributed by atoms with E-state index in [1.54, 1.807) is 0 Å². The number of hydrogen-bond donors (Lipinski definition) is 2. The van der Waals surface area contributed by atoms with Crippen LogP contribution in [0.2, 0.25) is 0 Å². The Morgan fingerprint density at radius 2 is 2.14 bits per heavy atom. The highest BCUT2D eigenvalue weighted by atomic mass is 31.2. The van der Waals surface area contributed by atoms with Crippen LogP contribution in [0, 0.1) is 6.61 Å². The average Bonchev–Trinajstić information content (AvgIpc) is 1.30. The van der Waals surface area contributed by atoms with E-state index in [2.05, 4.69) is 4.52 Å². The SMILES string of the molecule is C[CH]OP(=O)(O)O. The average molecular weight is 125 g/mol. The first-order valence-corrected chi connectivity index (χ1v) is 3.11. The molecule has 0 aromatic heterocycles. The first kappa shape index (κ1) is 7.11. The van der Waals surface area contributed by atoms with Gasteiger partial charge in [-0.15, -0.1) is 0 Å². The standard InChI is InChI=1S/C2H6O4P/c1-2-6-7(3,4)5/h2H,1H3,(H2,3,4,5). The minimum Gasteiger partial charge on any atom is -0.303 e. The van der Waals surface area contributed by atoms with Gasteiger partial charge < -0.3 is 9.79 Å². The Labute approximate surface area is 41.4 Å². The van der Waals surface area contributed by atoms with Crippen molar-refractivity contribution in [2.24, 2.45) is 0 Å². The van der Waals surface area contributed by atoms with Gasteiger partial charge in [0.1, 0.15) is 0 Å². The smallest absolute Gasteiger partial charge is 0.303 e. The van der Waals surface area contributed by atoms with E-state index in [0.717, 1.165) is 6.61 Å². The zero-order valence-corrected chi connectivity index (χ0v) is 4.63. The number of rotatable bonds is 2. The Morgan fingerprint density at radius 3 is 2.14 bits per heavy atom. The van der Waals surface area contributed by atoms with Crippen LogP contribution in [0.15, 0.2) is 0 Å². The zero-order chi connectivity index (χ0) is 5.91. The van der Waals surface area contributed by atoms with Crippen LogP contribution in [0.25, 0.3) is 0 Å². The normalized spacial score (nSPS) is 11.9. The van der Waals surface area contributed by atoms with Gasteiger partial charge in [0.25, 0.3) is 0 Å². The second kappa shape index (κ2) is 2.43. The van der Waals surface area contributed by atoms with Gasteiger partial charge >= 0.3 is 7.82 Å². The molecular formula is C2H6O4P.